The van der Waals surface area contributed by atoms with Gasteiger partial charge in [0.15, 0.2) is 5.78 Å². The number of benzene rings is 2. The van der Waals surface area contributed by atoms with Crippen LogP contribution in [0.15, 0.2) is 48.5 Å². The first-order chi connectivity index (χ1) is 13.2. The van der Waals surface area contributed by atoms with Crippen molar-refractivity contribution >= 4 is 17.5 Å². The lowest BCUT2D eigenvalue weighted by Gasteiger charge is -2.28. The van der Waals surface area contributed by atoms with E-state index in [0.717, 1.165) is 43.2 Å². The molecule has 5 nitrogen and oxygen atoms in total. The van der Waals surface area contributed by atoms with E-state index in [1.165, 1.54) is 5.69 Å². The smallest absolute Gasteiger partial charge is 0.185 e. The number of carbonyl (C=O) groups excluding carboxylic acids is 1. The van der Waals surface area contributed by atoms with Crippen molar-refractivity contribution in [2.75, 3.05) is 45.4 Å². The Balaban J connectivity index is 1.68. The first-order valence-corrected chi connectivity index (χ1v) is 9.02. The minimum absolute atomic E-state index is 0.0488. The lowest BCUT2D eigenvalue weighted by Crippen LogP contribution is -2.36. The fraction of sp³-hybridized carbons (Fsp3) is 0.318. The van der Waals surface area contributed by atoms with Crippen LogP contribution in [-0.4, -0.2) is 46.3 Å². The molecule has 2 aromatic rings. The summed E-state index contributed by atoms with van der Waals surface area (Å²) in [7, 11) is 3.23. The second kappa shape index (κ2) is 9.35. The van der Waals surface area contributed by atoms with Gasteiger partial charge in [-0.05, 0) is 42.0 Å². The summed E-state index contributed by atoms with van der Waals surface area (Å²) in [5.74, 6) is 0.670. The molecule has 1 heterocycles. The van der Waals surface area contributed by atoms with Gasteiger partial charge in [0.2, 0.25) is 0 Å². The van der Waals surface area contributed by atoms with Crippen molar-refractivity contribution in [2.45, 2.75) is 6.61 Å². The van der Waals surface area contributed by atoms with E-state index in [1.807, 2.05) is 24.3 Å². The van der Waals surface area contributed by atoms with Gasteiger partial charge in [-0.25, -0.2) is 0 Å². The van der Waals surface area contributed by atoms with Crippen LogP contribution in [0.2, 0.25) is 0 Å². The number of anilines is 1. The van der Waals surface area contributed by atoms with Crippen molar-refractivity contribution in [2.24, 2.45) is 0 Å². The van der Waals surface area contributed by atoms with Crippen LogP contribution in [-0.2, 0) is 16.1 Å². The highest BCUT2D eigenvalue weighted by Crippen LogP contribution is 2.22. The van der Waals surface area contributed by atoms with Crippen molar-refractivity contribution in [1.82, 2.24) is 0 Å². The van der Waals surface area contributed by atoms with E-state index in [0.29, 0.717) is 12.2 Å². The maximum atomic E-state index is 12.5. The third-order valence-corrected chi connectivity index (χ3v) is 4.56. The number of ether oxygens (including phenoxy) is 3. The van der Waals surface area contributed by atoms with E-state index >= 15 is 0 Å². The molecule has 1 fully saturated rings. The van der Waals surface area contributed by atoms with Gasteiger partial charge in [0.25, 0.3) is 0 Å². The fourth-order valence-corrected chi connectivity index (χ4v) is 3.09. The van der Waals surface area contributed by atoms with Crippen molar-refractivity contribution < 1.29 is 19.0 Å². The number of allylic oxidation sites excluding steroid dienone is 1. The molecule has 0 atom stereocenters. The quantitative estimate of drug-likeness (QED) is 0.553. The van der Waals surface area contributed by atoms with Crippen LogP contribution in [0.4, 0.5) is 5.69 Å². The Morgan fingerprint density at radius 3 is 2.52 bits per heavy atom. The van der Waals surface area contributed by atoms with Crippen LogP contribution >= 0.6 is 0 Å². The third kappa shape index (κ3) is 4.96. The molecule has 0 aliphatic carbocycles. The molecule has 0 aromatic heterocycles. The molecule has 142 valence electrons. The molecule has 0 N–H and O–H groups in total. The van der Waals surface area contributed by atoms with Crippen LogP contribution < -0.4 is 9.64 Å². The fourth-order valence-electron chi connectivity index (χ4n) is 3.09. The maximum Gasteiger partial charge on any atom is 0.185 e. The second-order valence-electron chi connectivity index (χ2n) is 6.35. The van der Waals surface area contributed by atoms with E-state index in [1.54, 1.807) is 32.4 Å². The van der Waals surface area contributed by atoms with Crippen LogP contribution in [0.25, 0.3) is 6.08 Å². The van der Waals surface area contributed by atoms with Crippen molar-refractivity contribution in [3.63, 3.8) is 0 Å². The third-order valence-electron chi connectivity index (χ3n) is 4.56. The molecule has 0 bridgehead atoms. The Morgan fingerprint density at radius 2 is 1.85 bits per heavy atom. The topological polar surface area (TPSA) is 48.0 Å². The number of carbonyl (C=O) groups is 1. The molecule has 1 saturated heterocycles. The largest absolute Gasteiger partial charge is 0.496 e. The molecule has 27 heavy (non-hydrogen) atoms. The predicted molar refractivity (Wildman–Crippen MR) is 107 cm³/mol. The summed E-state index contributed by atoms with van der Waals surface area (Å²) in [6.45, 7) is 3.76. The normalized spacial score (nSPS) is 14.5. The van der Waals surface area contributed by atoms with Crippen LogP contribution in [0.1, 0.15) is 21.5 Å². The summed E-state index contributed by atoms with van der Waals surface area (Å²) in [5.41, 5.74) is 3.64. The summed E-state index contributed by atoms with van der Waals surface area (Å²) < 4.78 is 15.9. The van der Waals surface area contributed by atoms with Gasteiger partial charge in [-0.15, -0.1) is 0 Å². The van der Waals surface area contributed by atoms with Gasteiger partial charge in [0.05, 0.1) is 26.9 Å². The summed E-state index contributed by atoms with van der Waals surface area (Å²) in [6, 6.07) is 13.6. The van der Waals surface area contributed by atoms with Gasteiger partial charge in [0, 0.05) is 37.0 Å². The molecular formula is C22H25NO4. The molecule has 0 spiro atoms. The summed E-state index contributed by atoms with van der Waals surface area (Å²) in [4.78, 5) is 14.8. The first kappa shape index (κ1) is 19.1. The Kier molecular flexibility index (Phi) is 6.63. The van der Waals surface area contributed by atoms with Gasteiger partial charge in [-0.1, -0.05) is 18.2 Å². The minimum atomic E-state index is -0.0488. The lowest BCUT2D eigenvalue weighted by atomic mass is 10.1. The Bertz CT molecular complexity index is 792. The van der Waals surface area contributed by atoms with Crippen LogP contribution in [0, 0.1) is 0 Å². The second-order valence-corrected chi connectivity index (χ2v) is 6.35. The molecule has 2 aromatic carbocycles. The van der Waals surface area contributed by atoms with Gasteiger partial charge < -0.3 is 19.1 Å². The zero-order valence-corrected chi connectivity index (χ0v) is 15.8. The molecular weight excluding hydrogens is 342 g/mol. The van der Waals surface area contributed by atoms with Crippen molar-refractivity contribution in [1.29, 1.82) is 0 Å². The Hall–Kier alpha value is -2.63. The highest BCUT2D eigenvalue weighted by Gasteiger charge is 2.11. The predicted octanol–water partition coefficient (Wildman–Crippen LogP) is 3.57. The molecule has 0 radical (unpaired) electrons. The van der Waals surface area contributed by atoms with E-state index in [4.69, 9.17) is 14.2 Å². The summed E-state index contributed by atoms with van der Waals surface area (Å²) in [6.07, 6.45) is 3.44. The van der Waals surface area contributed by atoms with E-state index < -0.39 is 0 Å². The maximum absolute atomic E-state index is 12.5. The molecule has 1 aliphatic rings. The van der Waals surface area contributed by atoms with Crippen LogP contribution in [0.3, 0.4) is 0 Å². The molecule has 0 saturated carbocycles. The zero-order valence-electron chi connectivity index (χ0n) is 15.8. The first-order valence-electron chi connectivity index (χ1n) is 9.02. The van der Waals surface area contributed by atoms with Crippen molar-refractivity contribution in [3.05, 3.63) is 65.2 Å². The van der Waals surface area contributed by atoms with Gasteiger partial charge >= 0.3 is 0 Å². The van der Waals surface area contributed by atoms with E-state index in [9.17, 15) is 4.79 Å². The van der Waals surface area contributed by atoms with Crippen LogP contribution in [0.5, 0.6) is 5.75 Å². The SMILES string of the molecule is COCc1cc(C(=O)/C=C/c2ccc(N3CCOCC3)cc2)ccc1OC. The highest BCUT2D eigenvalue weighted by molar-refractivity contribution is 6.07. The van der Waals surface area contributed by atoms with Gasteiger partial charge in [-0.2, -0.15) is 0 Å². The molecule has 0 unspecified atom stereocenters. The van der Waals surface area contributed by atoms with Crippen molar-refractivity contribution in [3.8, 4) is 5.75 Å². The summed E-state index contributed by atoms with van der Waals surface area (Å²) in [5, 5.41) is 0. The number of morpholine rings is 1. The molecule has 3 rings (SSSR count). The zero-order chi connectivity index (χ0) is 19.1. The lowest BCUT2D eigenvalue weighted by molar-refractivity contribution is 0.104. The van der Waals surface area contributed by atoms with Gasteiger partial charge in [-0.3, -0.25) is 4.79 Å². The number of rotatable bonds is 7. The average molecular weight is 367 g/mol. The molecule has 0 amide bonds. The average Bonchev–Trinajstić information content (AvgIpc) is 2.73. The Morgan fingerprint density at radius 1 is 1.11 bits per heavy atom. The highest BCUT2D eigenvalue weighted by atomic mass is 16.5. The number of hydrogen-bond acceptors (Lipinski definition) is 5. The monoisotopic (exact) mass is 367 g/mol. The molecule has 1 aliphatic heterocycles. The van der Waals surface area contributed by atoms with E-state index in [2.05, 4.69) is 17.0 Å². The minimum Gasteiger partial charge on any atom is -0.496 e. The Labute approximate surface area is 160 Å². The number of ketones is 1. The number of hydrogen-bond donors (Lipinski definition) is 0. The number of nitrogens with zero attached hydrogens (tertiary/aromatic N) is 1. The summed E-state index contributed by atoms with van der Waals surface area (Å²) >= 11 is 0. The standard InChI is InChI=1S/C22H25NO4/c1-25-16-19-15-18(6-10-22(19)26-2)21(24)9-5-17-3-7-20(8-4-17)23-11-13-27-14-12-23/h3-10,15H,11-14,16H2,1-2H3/b9-5+. The molecule has 5 heteroatoms. The van der Waals surface area contributed by atoms with E-state index in [-0.39, 0.29) is 5.78 Å². The number of methoxy groups -OCH3 is 2. The van der Waals surface area contributed by atoms with Gasteiger partial charge in [0.1, 0.15) is 5.75 Å².